The third kappa shape index (κ3) is 3.69. The molecule has 0 unspecified atom stereocenters. The normalized spacial score (nSPS) is 12.2. The number of hydrogen-bond donors (Lipinski definition) is 0. The largest absolute Gasteiger partial charge is 0.291 e. The van der Waals surface area contributed by atoms with E-state index in [4.69, 9.17) is 9.97 Å². The highest BCUT2D eigenvalue weighted by Crippen LogP contribution is 2.43. The van der Waals surface area contributed by atoms with E-state index in [9.17, 15) is 0 Å². The van der Waals surface area contributed by atoms with Gasteiger partial charge in [0, 0.05) is 32.4 Å². The van der Waals surface area contributed by atoms with Gasteiger partial charge in [0.25, 0.3) is 0 Å². The SMILES string of the molecule is c1ccc2cc3c(cc2c1)nc1c2sc4cc5ccccc5cc4c2cc(-c2ccc(-c4cc5cccnc5c5ccccc45)cc2)n31. The van der Waals surface area contributed by atoms with Gasteiger partial charge < -0.3 is 0 Å². The molecule has 222 valence electrons. The molecule has 0 saturated heterocycles. The second kappa shape index (κ2) is 9.71. The summed E-state index contributed by atoms with van der Waals surface area (Å²) in [6.07, 6.45) is 1.88. The summed E-state index contributed by atoms with van der Waals surface area (Å²) >= 11 is 1.84. The maximum atomic E-state index is 5.34. The molecule has 0 N–H and O–H groups in total. The second-order valence-corrected chi connectivity index (χ2v) is 13.7. The summed E-state index contributed by atoms with van der Waals surface area (Å²) in [5.74, 6) is 0. The number of thiophene rings is 1. The number of nitrogens with zero attached hydrogens (tertiary/aromatic N) is 3. The van der Waals surface area contributed by atoms with E-state index in [1.54, 1.807) is 0 Å². The van der Waals surface area contributed by atoms with Crippen LogP contribution < -0.4 is 0 Å². The van der Waals surface area contributed by atoms with Crippen molar-refractivity contribution in [2.24, 2.45) is 0 Å². The first-order chi connectivity index (χ1) is 23.8. The molecule has 4 heteroatoms. The fourth-order valence-electron chi connectivity index (χ4n) is 7.66. The van der Waals surface area contributed by atoms with Gasteiger partial charge in [-0.2, -0.15) is 0 Å². The van der Waals surface area contributed by atoms with Crippen LogP contribution in [0.2, 0.25) is 0 Å². The Balaban J connectivity index is 1.19. The van der Waals surface area contributed by atoms with Crippen molar-refractivity contribution in [1.82, 2.24) is 14.4 Å². The van der Waals surface area contributed by atoms with Gasteiger partial charge in [-0.3, -0.25) is 9.38 Å². The molecule has 0 aliphatic rings. The molecule has 0 aliphatic heterocycles. The molecule has 0 fully saturated rings. The van der Waals surface area contributed by atoms with Crippen LogP contribution in [-0.2, 0) is 0 Å². The molecule has 0 atom stereocenters. The number of imidazole rings is 1. The molecule has 3 nitrogen and oxygen atoms in total. The first-order valence-electron chi connectivity index (χ1n) is 16.2. The van der Waals surface area contributed by atoms with Crippen molar-refractivity contribution in [3.05, 3.63) is 152 Å². The van der Waals surface area contributed by atoms with Crippen LogP contribution in [0.15, 0.2) is 152 Å². The van der Waals surface area contributed by atoms with E-state index >= 15 is 0 Å². The van der Waals surface area contributed by atoms with Gasteiger partial charge in [0.05, 0.1) is 26.9 Å². The van der Waals surface area contributed by atoms with E-state index in [2.05, 4.69) is 144 Å². The zero-order valence-corrected chi connectivity index (χ0v) is 26.5. The van der Waals surface area contributed by atoms with Gasteiger partial charge in [-0.15, -0.1) is 11.3 Å². The van der Waals surface area contributed by atoms with Gasteiger partial charge in [0.1, 0.15) is 0 Å². The van der Waals surface area contributed by atoms with Crippen molar-refractivity contribution < 1.29 is 0 Å². The Morgan fingerprint density at radius 3 is 1.98 bits per heavy atom. The van der Waals surface area contributed by atoms with E-state index in [1.807, 2.05) is 23.6 Å². The zero-order chi connectivity index (χ0) is 31.3. The lowest BCUT2D eigenvalue weighted by molar-refractivity contribution is 1.25. The van der Waals surface area contributed by atoms with Crippen LogP contribution >= 0.6 is 11.3 Å². The molecule has 0 bridgehead atoms. The molecule has 11 rings (SSSR count). The maximum absolute atomic E-state index is 5.34. The summed E-state index contributed by atoms with van der Waals surface area (Å²) in [4.78, 5) is 10.1. The lowest BCUT2D eigenvalue weighted by atomic mass is 9.94. The predicted octanol–water partition coefficient (Wildman–Crippen LogP) is 12.2. The van der Waals surface area contributed by atoms with Crippen molar-refractivity contribution in [1.29, 1.82) is 0 Å². The number of pyridine rings is 2. The molecule has 0 amide bonds. The van der Waals surface area contributed by atoms with Crippen molar-refractivity contribution >= 4 is 91.4 Å². The van der Waals surface area contributed by atoms with E-state index in [0.717, 1.165) is 38.8 Å². The predicted molar refractivity (Wildman–Crippen MR) is 204 cm³/mol. The smallest absolute Gasteiger partial charge is 0.156 e. The van der Waals surface area contributed by atoms with Gasteiger partial charge in [0.15, 0.2) is 5.65 Å². The minimum absolute atomic E-state index is 1.01. The number of benzene rings is 7. The highest BCUT2D eigenvalue weighted by Gasteiger charge is 2.19. The van der Waals surface area contributed by atoms with E-state index < -0.39 is 0 Å². The zero-order valence-electron chi connectivity index (χ0n) is 25.7. The first kappa shape index (κ1) is 26.0. The van der Waals surface area contributed by atoms with Crippen LogP contribution in [0.25, 0.3) is 102 Å². The van der Waals surface area contributed by atoms with Crippen LogP contribution in [-0.4, -0.2) is 14.4 Å². The summed E-state index contributed by atoms with van der Waals surface area (Å²) in [5, 5.41) is 11.0. The van der Waals surface area contributed by atoms with Gasteiger partial charge in [-0.25, -0.2) is 4.98 Å². The third-order valence-electron chi connectivity index (χ3n) is 9.94. The molecule has 4 heterocycles. The third-order valence-corrected chi connectivity index (χ3v) is 11.1. The molecule has 4 aromatic heterocycles. The Bertz CT molecular complexity index is 3110. The molecule has 0 aliphatic carbocycles. The second-order valence-electron chi connectivity index (χ2n) is 12.7. The maximum Gasteiger partial charge on any atom is 0.156 e. The summed E-state index contributed by atoms with van der Waals surface area (Å²) in [6, 6.07) is 52.9. The number of rotatable bonds is 2. The fourth-order valence-corrected chi connectivity index (χ4v) is 8.85. The number of fused-ring (bicyclic) bond motifs is 12. The van der Waals surface area contributed by atoms with Crippen molar-refractivity contribution in [2.75, 3.05) is 0 Å². The summed E-state index contributed by atoms with van der Waals surface area (Å²) < 4.78 is 4.89. The van der Waals surface area contributed by atoms with Crippen molar-refractivity contribution in [3.8, 4) is 22.4 Å². The Morgan fingerprint density at radius 2 is 1.17 bits per heavy atom. The van der Waals surface area contributed by atoms with Gasteiger partial charge in [0.2, 0.25) is 0 Å². The first-order valence-corrected chi connectivity index (χ1v) is 17.0. The monoisotopic (exact) mass is 627 g/mol. The van der Waals surface area contributed by atoms with Crippen molar-refractivity contribution in [3.63, 3.8) is 0 Å². The molecule has 0 spiro atoms. The highest BCUT2D eigenvalue weighted by atomic mass is 32.1. The summed E-state index contributed by atoms with van der Waals surface area (Å²) in [7, 11) is 0. The van der Waals surface area contributed by atoms with Crippen LogP contribution in [0.3, 0.4) is 0 Å². The average molecular weight is 628 g/mol. The molecule has 7 aromatic carbocycles. The van der Waals surface area contributed by atoms with Gasteiger partial charge in [-0.1, -0.05) is 103 Å². The van der Waals surface area contributed by atoms with E-state index in [-0.39, 0.29) is 0 Å². The van der Waals surface area contributed by atoms with Gasteiger partial charge in [-0.05, 0) is 86.1 Å². The number of hydrogen-bond acceptors (Lipinski definition) is 3. The lowest BCUT2D eigenvalue weighted by Gasteiger charge is -2.12. The van der Waals surface area contributed by atoms with E-state index in [1.165, 1.54) is 63.6 Å². The molecular formula is C44H25N3S. The Morgan fingerprint density at radius 1 is 0.500 bits per heavy atom. The van der Waals surface area contributed by atoms with Gasteiger partial charge >= 0.3 is 0 Å². The molecule has 0 radical (unpaired) electrons. The molecule has 48 heavy (non-hydrogen) atoms. The number of aromatic nitrogens is 3. The van der Waals surface area contributed by atoms with Crippen LogP contribution in [0.1, 0.15) is 0 Å². The Hall–Kier alpha value is -6.10. The Labute approximate surface area is 279 Å². The highest BCUT2D eigenvalue weighted by molar-refractivity contribution is 7.26. The molecular weight excluding hydrogens is 603 g/mol. The van der Waals surface area contributed by atoms with Crippen molar-refractivity contribution in [2.45, 2.75) is 0 Å². The topological polar surface area (TPSA) is 30.2 Å². The summed E-state index contributed by atoms with van der Waals surface area (Å²) in [5.41, 5.74) is 8.89. The lowest BCUT2D eigenvalue weighted by Crippen LogP contribution is -1.93. The van der Waals surface area contributed by atoms with Crippen LogP contribution in [0.4, 0.5) is 0 Å². The van der Waals surface area contributed by atoms with E-state index in [0.29, 0.717) is 0 Å². The Kier molecular flexibility index (Phi) is 5.26. The minimum Gasteiger partial charge on any atom is -0.291 e. The summed E-state index contributed by atoms with van der Waals surface area (Å²) in [6.45, 7) is 0. The molecule has 0 saturated carbocycles. The quantitative estimate of drug-likeness (QED) is 0.179. The molecule has 11 aromatic rings. The van der Waals surface area contributed by atoms with Crippen LogP contribution in [0.5, 0.6) is 0 Å². The van der Waals surface area contributed by atoms with Crippen LogP contribution in [0, 0.1) is 0 Å². The average Bonchev–Trinajstić information content (AvgIpc) is 3.70. The fraction of sp³-hybridized carbons (Fsp3) is 0. The minimum atomic E-state index is 1.01. The standard InChI is InChI=1S/C44H25N3S/c1-4-11-31-24-41-36(20-28(31)8-1)37-25-39(47-40-23-30-10-3-2-9-29(30)22-38(40)46-44(47)43(37)48-41)27-17-15-26(16-18-27)35-21-32-12-7-19-45-42(32)34-14-6-5-13-33(34)35/h1-25H.